The highest BCUT2D eigenvalue weighted by Crippen LogP contribution is 2.30. The molecule has 0 atom stereocenters. The number of aryl methyl sites for hydroxylation is 2. The zero-order chi connectivity index (χ0) is 17.9. The normalized spacial score (nSPS) is 11.2. The molecule has 0 aliphatic carbocycles. The maximum absolute atomic E-state index is 12.5. The monoisotopic (exact) mass is 356 g/mol. The van der Waals surface area contributed by atoms with Crippen molar-refractivity contribution in [3.8, 4) is 0 Å². The number of anilines is 2. The molecule has 2 N–H and O–H groups in total. The lowest BCUT2D eigenvalue weighted by molar-refractivity contribution is -0.137. The van der Waals surface area contributed by atoms with Gasteiger partial charge in [-0.25, -0.2) is 0 Å². The summed E-state index contributed by atoms with van der Waals surface area (Å²) in [5.41, 5.74) is 2.10. The number of alkyl halides is 3. The minimum atomic E-state index is -4.40. The molecule has 7 heteroatoms. The van der Waals surface area contributed by atoms with E-state index in [9.17, 15) is 18.0 Å². The van der Waals surface area contributed by atoms with Gasteiger partial charge in [0.1, 0.15) is 0 Å². The largest absolute Gasteiger partial charge is 0.416 e. The summed E-state index contributed by atoms with van der Waals surface area (Å²) in [5.74, 6) is -0.384. The van der Waals surface area contributed by atoms with Crippen molar-refractivity contribution in [1.82, 2.24) is 0 Å². The first-order chi connectivity index (χ1) is 11.2. The Morgan fingerprint density at radius 3 is 2.29 bits per heavy atom. The number of carbonyl (C=O) groups is 1. The van der Waals surface area contributed by atoms with Gasteiger partial charge in [-0.3, -0.25) is 4.79 Å². The third-order valence-corrected chi connectivity index (χ3v) is 3.65. The van der Waals surface area contributed by atoms with Gasteiger partial charge < -0.3 is 10.6 Å². The average molecular weight is 357 g/mol. The summed E-state index contributed by atoms with van der Waals surface area (Å²) in [6.07, 6.45) is -4.40. The Labute approximate surface area is 142 Å². The Hall–Kier alpha value is -2.21. The molecule has 0 saturated carbocycles. The average Bonchev–Trinajstić information content (AvgIpc) is 2.45. The number of nitrogens with one attached hydrogen (secondary N) is 2. The molecule has 3 nitrogen and oxygen atoms in total. The van der Waals surface area contributed by atoms with Crippen molar-refractivity contribution in [2.75, 3.05) is 17.2 Å². The van der Waals surface area contributed by atoms with Gasteiger partial charge in [0.25, 0.3) is 0 Å². The van der Waals surface area contributed by atoms with E-state index in [1.54, 1.807) is 6.07 Å². The Morgan fingerprint density at radius 1 is 1.12 bits per heavy atom. The number of hydrogen-bond donors (Lipinski definition) is 2. The second-order valence-electron chi connectivity index (χ2n) is 5.42. The molecular weight excluding hydrogens is 341 g/mol. The maximum atomic E-state index is 12.5. The molecule has 2 aromatic rings. The summed E-state index contributed by atoms with van der Waals surface area (Å²) in [7, 11) is 0. The van der Waals surface area contributed by atoms with Gasteiger partial charge in [-0.1, -0.05) is 17.7 Å². The summed E-state index contributed by atoms with van der Waals surface area (Å²) >= 11 is 6.14. The number of amides is 1. The SMILES string of the molecule is Cc1cc(C)c(NCC(=O)Nc2ccc(C(F)(F)F)cc2)c(Cl)c1. The van der Waals surface area contributed by atoms with Crippen LogP contribution in [0.15, 0.2) is 36.4 Å². The summed E-state index contributed by atoms with van der Waals surface area (Å²) in [4.78, 5) is 11.9. The number of hydrogen-bond acceptors (Lipinski definition) is 2. The molecule has 0 aliphatic heterocycles. The van der Waals surface area contributed by atoms with E-state index in [1.807, 2.05) is 19.9 Å². The third-order valence-electron chi connectivity index (χ3n) is 3.35. The first kappa shape index (κ1) is 18.1. The molecule has 2 rings (SSSR count). The Balaban J connectivity index is 1.97. The molecule has 0 aromatic heterocycles. The van der Waals surface area contributed by atoms with Crippen LogP contribution in [0.4, 0.5) is 24.5 Å². The quantitative estimate of drug-likeness (QED) is 0.807. The lowest BCUT2D eigenvalue weighted by atomic mass is 10.1. The highest BCUT2D eigenvalue weighted by molar-refractivity contribution is 6.33. The van der Waals surface area contributed by atoms with Crippen LogP contribution in [0, 0.1) is 13.8 Å². The van der Waals surface area contributed by atoms with Crippen LogP contribution in [0.1, 0.15) is 16.7 Å². The summed E-state index contributed by atoms with van der Waals surface area (Å²) in [5, 5.41) is 5.98. The zero-order valence-electron chi connectivity index (χ0n) is 13.1. The van der Waals surface area contributed by atoms with Gasteiger partial charge in [-0.05, 0) is 55.3 Å². The van der Waals surface area contributed by atoms with E-state index in [2.05, 4.69) is 10.6 Å². The van der Waals surface area contributed by atoms with Gasteiger partial charge in [-0.2, -0.15) is 13.2 Å². The topological polar surface area (TPSA) is 41.1 Å². The van der Waals surface area contributed by atoms with Gasteiger partial charge in [0.2, 0.25) is 5.91 Å². The third kappa shape index (κ3) is 4.64. The predicted molar refractivity (Wildman–Crippen MR) is 89.5 cm³/mol. The first-order valence-corrected chi connectivity index (χ1v) is 7.52. The Bertz CT molecular complexity index is 719. The molecule has 0 saturated heterocycles. The molecule has 2 aromatic carbocycles. The maximum Gasteiger partial charge on any atom is 0.416 e. The van der Waals surface area contributed by atoms with E-state index >= 15 is 0 Å². The molecule has 0 spiro atoms. The number of carbonyl (C=O) groups excluding carboxylic acids is 1. The summed E-state index contributed by atoms with van der Waals surface area (Å²) < 4.78 is 37.5. The molecule has 0 aliphatic rings. The van der Waals surface area contributed by atoms with Gasteiger partial charge >= 0.3 is 6.18 Å². The molecule has 0 unspecified atom stereocenters. The van der Waals surface area contributed by atoms with E-state index in [1.165, 1.54) is 12.1 Å². The van der Waals surface area contributed by atoms with Gasteiger partial charge in [-0.15, -0.1) is 0 Å². The summed E-state index contributed by atoms with van der Waals surface area (Å²) in [6.45, 7) is 3.74. The Kier molecular flexibility index (Phi) is 5.39. The first-order valence-electron chi connectivity index (χ1n) is 7.14. The van der Waals surface area contributed by atoms with Crippen molar-refractivity contribution in [1.29, 1.82) is 0 Å². The highest BCUT2D eigenvalue weighted by Gasteiger charge is 2.29. The lowest BCUT2D eigenvalue weighted by Crippen LogP contribution is -2.22. The van der Waals surface area contributed by atoms with Crippen LogP contribution in [0.2, 0.25) is 5.02 Å². The van der Waals surface area contributed by atoms with Crippen LogP contribution < -0.4 is 10.6 Å². The van der Waals surface area contributed by atoms with Crippen LogP contribution in [0.3, 0.4) is 0 Å². The van der Waals surface area contributed by atoms with Crippen molar-refractivity contribution < 1.29 is 18.0 Å². The predicted octanol–water partition coefficient (Wildman–Crippen LogP) is 5.03. The van der Waals surface area contributed by atoms with Crippen LogP contribution >= 0.6 is 11.6 Å². The fraction of sp³-hybridized carbons (Fsp3) is 0.235. The van der Waals surface area contributed by atoms with Crippen LogP contribution in [0.5, 0.6) is 0 Å². The van der Waals surface area contributed by atoms with Crippen molar-refractivity contribution in [2.24, 2.45) is 0 Å². The van der Waals surface area contributed by atoms with E-state index in [4.69, 9.17) is 11.6 Å². The molecule has 24 heavy (non-hydrogen) atoms. The standard InChI is InChI=1S/C17H16ClF3N2O/c1-10-7-11(2)16(14(18)8-10)22-9-15(24)23-13-5-3-12(4-6-13)17(19,20)21/h3-8,22H,9H2,1-2H3,(H,23,24). The van der Waals surface area contributed by atoms with E-state index in [0.717, 1.165) is 23.3 Å². The number of rotatable bonds is 4. The molecular formula is C17H16ClF3N2O. The van der Waals surface area contributed by atoms with Crippen LogP contribution in [-0.4, -0.2) is 12.5 Å². The number of benzene rings is 2. The fourth-order valence-electron chi connectivity index (χ4n) is 2.26. The van der Waals surface area contributed by atoms with E-state index < -0.39 is 11.7 Å². The van der Waals surface area contributed by atoms with Crippen molar-refractivity contribution >= 4 is 28.9 Å². The van der Waals surface area contributed by atoms with Gasteiger partial charge in [0.15, 0.2) is 0 Å². The zero-order valence-corrected chi connectivity index (χ0v) is 13.8. The van der Waals surface area contributed by atoms with Crippen LogP contribution in [0.25, 0.3) is 0 Å². The minimum absolute atomic E-state index is 0.0509. The fourth-order valence-corrected chi connectivity index (χ4v) is 2.64. The Morgan fingerprint density at radius 2 is 1.75 bits per heavy atom. The molecule has 0 heterocycles. The lowest BCUT2D eigenvalue weighted by Gasteiger charge is -2.13. The molecule has 1 amide bonds. The van der Waals surface area contributed by atoms with Crippen LogP contribution in [-0.2, 0) is 11.0 Å². The number of halogens is 4. The van der Waals surface area contributed by atoms with Crippen molar-refractivity contribution in [3.05, 3.63) is 58.1 Å². The smallest absolute Gasteiger partial charge is 0.375 e. The molecule has 0 bridgehead atoms. The highest BCUT2D eigenvalue weighted by atomic mass is 35.5. The van der Waals surface area contributed by atoms with Gasteiger partial charge in [0.05, 0.1) is 22.8 Å². The molecule has 128 valence electrons. The van der Waals surface area contributed by atoms with Crippen molar-refractivity contribution in [2.45, 2.75) is 20.0 Å². The summed E-state index contributed by atoms with van der Waals surface area (Å²) in [6, 6.07) is 7.98. The molecule has 0 fully saturated rings. The minimum Gasteiger partial charge on any atom is -0.375 e. The second-order valence-corrected chi connectivity index (χ2v) is 5.82. The van der Waals surface area contributed by atoms with E-state index in [-0.39, 0.29) is 12.5 Å². The van der Waals surface area contributed by atoms with Gasteiger partial charge in [0, 0.05) is 5.69 Å². The van der Waals surface area contributed by atoms with E-state index in [0.29, 0.717) is 16.4 Å². The molecule has 0 radical (unpaired) electrons. The van der Waals surface area contributed by atoms with Crippen molar-refractivity contribution in [3.63, 3.8) is 0 Å². The second kappa shape index (κ2) is 7.13.